The number of nitrogens with two attached hydrogens (primary N) is 1. The highest BCUT2D eigenvalue weighted by Gasteiger charge is 2.09. The number of carbonyl (C=O) groups is 1. The number of aryl methyl sites for hydroxylation is 1. The van der Waals surface area contributed by atoms with E-state index in [9.17, 15) is 4.79 Å². The van der Waals surface area contributed by atoms with Crippen LogP contribution in [-0.4, -0.2) is 11.7 Å². The Morgan fingerprint density at radius 2 is 2.05 bits per heavy atom. The first-order chi connectivity index (χ1) is 9.97. The molecule has 0 heterocycles. The Bertz CT molecular complexity index is 677. The van der Waals surface area contributed by atoms with Crippen molar-refractivity contribution in [2.24, 2.45) is 0 Å². The zero-order valence-electron chi connectivity index (χ0n) is 11.3. The molecule has 2 aromatic carbocycles. The Balaban J connectivity index is 1.97. The van der Waals surface area contributed by atoms with Gasteiger partial charge in [-0.15, -0.1) is 11.8 Å². The number of benzene rings is 2. The lowest BCUT2D eigenvalue weighted by atomic mass is 10.2. The van der Waals surface area contributed by atoms with E-state index >= 15 is 0 Å². The monoisotopic (exact) mass is 428 g/mol. The van der Waals surface area contributed by atoms with E-state index in [2.05, 4.69) is 37.2 Å². The summed E-state index contributed by atoms with van der Waals surface area (Å²) in [6.45, 7) is 1.96. The van der Waals surface area contributed by atoms with Crippen LogP contribution in [0.15, 0.2) is 50.2 Å². The highest BCUT2D eigenvalue weighted by molar-refractivity contribution is 9.11. The van der Waals surface area contributed by atoms with Crippen LogP contribution in [0.5, 0.6) is 0 Å². The number of hydrogen-bond acceptors (Lipinski definition) is 3. The summed E-state index contributed by atoms with van der Waals surface area (Å²) in [6.07, 6.45) is 0. The number of halogens is 2. The summed E-state index contributed by atoms with van der Waals surface area (Å²) in [5.41, 5.74) is 8.51. The maximum atomic E-state index is 12.0. The Morgan fingerprint density at radius 3 is 2.76 bits per heavy atom. The van der Waals surface area contributed by atoms with Gasteiger partial charge in [-0.05, 0) is 52.7 Å². The van der Waals surface area contributed by atoms with Gasteiger partial charge >= 0.3 is 0 Å². The Labute approximate surface area is 144 Å². The fraction of sp³-hybridized carbons (Fsp3) is 0.133. The van der Waals surface area contributed by atoms with Crippen LogP contribution >= 0.6 is 43.6 Å². The summed E-state index contributed by atoms with van der Waals surface area (Å²) in [7, 11) is 0. The zero-order chi connectivity index (χ0) is 15.4. The number of rotatable bonds is 4. The SMILES string of the molecule is Cc1cccc(SCC(=O)Nc2ccc(Br)cc2Br)c1N. The van der Waals surface area contributed by atoms with Crippen molar-refractivity contribution in [2.75, 3.05) is 16.8 Å². The maximum absolute atomic E-state index is 12.0. The molecule has 0 unspecified atom stereocenters. The molecule has 0 saturated carbocycles. The number of para-hydroxylation sites is 1. The van der Waals surface area contributed by atoms with E-state index in [0.717, 1.165) is 30.8 Å². The van der Waals surface area contributed by atoms with Gasteiger partial charge in [0.15, 0.2) is 0 Å². The van der Waals surface area contributed by atoms with Crippen LogP contribution in [0.4, 0.5) is 11.4 Å². The minimum Gasteiger partial charge on any atom is -0.398 e. The van der Waals surface area contributed by atoms with E-state index in [1.807, 2.05) is 43.3 Å². The Kier molecular flexibility index (Phi) is 5.72. The average Bonchev–Trinajstić information content (AvgIpc) is 2.43. The number of carbonyl (C=O) groups excluding carboxylic acids is 1. The van der Waals surface area contributed by atoms with E-state index in [4.69, 9.17) is 5.73 Å². The molecule has 0 fully saturated rings. The number of amides is 1. The van der Waals surface area contributed by atoms with Crippen LogP contribution < -0.4 is 11.1 Å². The molecule has 0 radical (unpaired) electrons. The molecule has 0 aliphatic carbocycles. The average molecular weight is 430 g/mol. The number of nitrogen functional groups attached to an aromatic ring is 1. The second kappa shape index (κ2) is 7.33. The van der Waals surface area contributed by atoms with Gasteiger partial charge in [0.05, 0.1) is 11.4 Å². The van der Waals surface area contributed by atoms with Gasteiger partial charge in [0, 0.05) is 19.5 Å². The molecule has 3 N–H and O–H groups in total. The molecule has 0 bridgehead atoms. The number of anilines is 2. The van der Waals surface area contributed by atoms with Gasteiger partial charge in [0.2, 0.25) is 5.91 Å². The predicted molar refractivity (Wildman–Crippen MR) is 96.8 cm³/mol. The lowest BCUT2D eigenvalue weighted by Crippen LogP contribution is -2.14. The molecular weight excluding hydrogens is 416 g/mol. The van der Waals surface area contributed by atoms with Crippen molar-refractivity contribution in [1.82, 2.24) is 0 Å². The van der Waals surface area contributed by atoms with Gasteiger partial charge < -0.3 is 11.1 Å². The van der Waals surface area contributed by atoms with Crippen LogP contribution in [-0.2, 0) is 4.79 Å². The molecule has 2 rings (SSSR count). The van der Waals surface area contributed by atoms with E-state index < -0.39 is 0 Å². The molecule has 110 valence electrons. The molecule has 1 amide bonds. The first-order valence-electron chi connectivity index (χ1n) is 6.20. The van der Waals surface area contributed by atoms with E-state index in [1.54, 1.807) is 0 Å². The highest BCUT2D eigenvalue weighted by Crippen LogP contribution is 2.29. The maximum Gasteiger partial charge on any atom is 0.234 e. The Hall–Kier alpha value is -0.980. The van der Waals surface area contributed by atoms with Gasteiger partial charge in [-0.2, -0.15) is 0 Å². The summed E-state index contributed by atoms with van der Waals surface area (Å²) in [5.74, 6) is 0.250. The molecule has 2 aromatic rings. The normalized spacial score (nSPS) is 10.4. The second-order valence-electron chi connectivity index (χ2n) is 4.45. The van der Waals surface area contributed by atoms with Crippen LogP contribution in [0.1, 0.15) is 5.56 Å². The van der Waals surface area contributed by atoms with E-state index in [-0.39, 0.29) is 5.91 Å². The standard InChI is InChI=1S/C15H14Br2N2OS/c1-9-3-2-4-13(15(9)18)21-8-14(20)19-12-6-5-10(16)7-11(12)17/h2-7H,8,18H2,1H3,(H,19,20). The molecule has 0 aromatic heterocycles. The van der Waals surface area contributed by atoms with Gasteiger partial charge in [0.1, 0.15) is 0 Å². The third kappa shape index (κ3) is 4.49. The Morgan fingerprint density at radius 1 is 1.29 bits per heavy atom. The number of nitrogens with one attached hydrogen (secondary N) is 1. The molecular formula is C15H14Br2N2OS. The fourth-order valence-corrected chi connectivity index (χ4v) is 3.70. The van der Waals surface area contributed by atoms with Crippen LogP contribution in [0.3, 0.4) is 0 Å². The summed E-state index contributed by atoms with van der Waals surface area (Å²) in [5, 5.41) is 2.87. The van der Waals surface area contributed by atoms with Crippen molar-refractivity contribution >= 4 is 60.9 Å². The van der Waals surface area contributed by atoms with Crippen molar-refractivity contribution in [3.63, 3.8) is 0 Å². The minimum absolute atomic E-state index is 0.0658. The van der Waals surface area contributed by atoms with Crippen molar-refractivity contribution in [3.05, 3.63) is 50.9 Å². The van der Waals surface area contributed by atoms with E-state index in [0.29, 0.717) is 5.75 Å². The van der Waals surface area contributed by atoms with Crippen molar-refractivity contribution < 1.29 is 4.79 Å². The van der Waals surface area contributed by atoms with Crippen molar-refractivity contribution in [2.45, 2.75) is 11.8 Å². The predicted octanol–water partition coefficient (Wildman–Crippen LogP) is 4.83. The zero-order valence-corrected chi connectivity index (χ0v) is 15.3. The molecule has 0 aliphatic rings. The molecule has 0 aliphatic heterocycles. The topological polar surface area (TPSA) is 55.1 Å². The quantitative estimate of drug-likeness (QED) is 0.540. The van der Waals surface area contributed by atoms with Crippen molar-refractivity contribution in [3.8, 4) is 0 Å². The van der Waals surface area contributed by atoms with Crippen LogP contribution in [0.25, 0.3) is 0 Å². The summed E-state index contributed by atoms with van der Waals surface area (Å²) in [6, 6.07) is 11.4. The molecule has 3 nitrogen and oxygen atoms in total. The van der Waals surface area contributed by atoms with E-state index in [1.165, 1.54) is 11.8 Å². The third-order valence-corrected chi connectivity index (χ3v) is 5.07. The number of hydrogen-bond donors (Lipinski definition) is 2. The van der Waals surface area contributed by atoms with Gasteiger partial charge in [-0.3, -0.25) is 4.79 Å². The van der Waals surface area contributed by atoms with Gasteiger partial charge in [-0.25, -0.2) is 0 Å². The first-order valence-corrected chi connectivity index (χ1v) is 8.77. The molecule has 21 heavy (non-hydrogen) atoms. The van der Waals surface area contributed by atoms with Crippen molar-refractivity contribution in [1.29, 1.82) is 0 Å². The van der Waals surface area contributed by atoms with Crippen LogP contribution in [0.2, 0.25) is 0 Å². The van der Waals surface area contributed by atoms with Gasteiger partial charge in [0.25, 0.3) is 0 Å². The fourth-order valence-electron chi connectivity index (χ4n) is 1.70. The third-order valence-electron chi connectivity index (χ3n) is 2.85. The van der Waals surface area contributed by atoms with Gasteiger partial charge in [-0.1, -0.05) is 28.1 Å². The largest absolute Gasteiger partial charge is 0.398 e. The lowest BCUT2D eigenvalue weighted by molar-refractivity contribution is -0.113. The summed E-state index contributed by atoms with van der Waals surface area (Å²) >= 11 is 8.24. The van der Waals surface area contributed by atoms with Crippen LogP contribution in [0, 0.1) is 6.92 Å². The summed E-state index contributed by atoms with van der Waals surface area (Å²) in [4.78, 5) is 12.9. The minimum atomic E-state index is -0.0658. The smallest absolute Gasteiger partial charge is 0.234 e. The molecule has 6 heteroatoms. The summed E-state index contributed by atoms with van der Waals surface area (Å²) < 4.78 is 1.79. The molecule has 0 spiro atoms. The molecule has 0 saturated heterocycles. The molecule has 0 atom stereocenters. The highest BCUT2D eigenvalue weighted by atomic mass is 79.9. The second-order valence-corrected chi connectivity index (χ2v) is 7.23. The first kappa shape index (κ1) is 16.4. The number of thioether (sulfide) groups is 1. The lowest BCUT2D eigenvalue weighted by Gasteiger charge is -2.09.